The van der Waals surface area contributed by atoms with Gasteiger partial charge < -0.3 is 5.11 Å². The van der Waals surface area contributed by atoms with Gasteiger partial charge in [0.2, 0.25) is 0 Å². The van der Waals surface area contributed by atoms with Gasteiger partial charge in [0.05, 0.1) is 6.10 Å². The number of Topliss-reactive ketones (excluding diaryl/α,β-unsaturated/α-hetero) is 1. The third-order valence-corrected chi connectivity index (χ3v) is 9.69. The molecule has 0 saturated heterocycles. The fraction of sp³-hybridized carbons (Fsp3) is 0.815. The molecule has 0 aromatic carbocycles. The summed E-state index contributed by atoms with van der Waals surface area (Å²) < 4.78 is 0. The van der Waals surface area contributed by atoms with Gasteiger partial charge in [-0.1, -0.05) is 38.0 Å². The highest BCUT2D eigenvalue weighted by atomic mass is 16.3. The number of hydrogen-bond acceptors (Lipinski definition) is 2. The second kappa shape index (κ2) is 7.66. The Labute approximate surface area is 178 Å². The Balaban J connectivity index is 1.62. The third-order valence-electron chi connectivity index (χ3n) is 9.69. The number of aliphatic hydroxyl groups excluding tert-OH is 1. The molecule has 0 heterocycles. The summed E-state index contributed by atoms with van der Waals surface area (Å²) in [7, 11) is 0. The number of hydrogen-bond donors (Lipinski definition) is 1. The van der Waals surface area contributed by atoms with Crippen molar-refractivity contribution in [1.29, 1.82) is 0 Å². The summed E-state index contributed by atoms with van der Waals surface area (Å²) in [6.07, 6.45) is 13.1. The van der Waals surface area contributed by atoms with E-state index in [4.69, 9.17) is 0 Å². The lowest BCUT2D eigenvalue weighted by molar-refractivity contribution is -0.115. The number of carbonyl (C=O) groups is 1. The van der Waals surface area contributed by atoms with Gasteiger partial charge in [-0.2, -0.15) is 0 Å². The molecule has 2 heteroatoms. The summed E-state index contributed by atoms with van der Waals surface area (Å²) in [5.74, 6) is 2.82. The molecule has 3 fully saturated rings. The van der Waals surface area contributed by atoms with E-state index in [1.54, 1.807) is 5.57 Å². The van der Waals surface area contributed by atoms with Gasteiger partial charge in [-0.15, -0.1) is 0 Å². The first kappa shape index (κ1) is 21.3. The van der Waals surface area contributed by atoms with Gasteiger partial charge in [-0.05, 0) is 106 Å². The summed E-state index contributed by atoms with van der Waals surface area (Å²) in [5.41, 5.74) is 4.63. The van der Waals surface area contributed by atoms with Crippen LogP contribution < -0.4 is 0 Å². The van der Waals surface area contributed by atoms with Gasteiger partial charge in [0.15, 0.2) is 5.78 Å². The van der Waals surface area contributed by atoms with Crippen molar-refractivity contribution in [3.8, 4) is 0 Å². The first-order valence-electron chi connectivity index (χ1n) is 12.2. The minimum absolute atomic E-state index is 0.102. The second-order valence-corrected chi connectivity index (χ2v) is 11.6. The fourth-order valence-electron chi connectivity index (χ4n) is 8.01. The van der Waals surface area contributed by atoms with E-state index in [1.165, 1.54) is 36.8 Å². The van der Waals surface area contributed by atoms with Crippen LogP contribution in [0, 0.1) is 34.5 Å². The highest BCUT2D eigenvalue weighted by molar-refractivity contribution is 6.00. The van der Waals surface area contributed by atoms with Crippen LogP contribution in [0.3, 0.4) is 0 Å². The van der Waals surface area contributed by atoms with Gasteiger partial charge in [0.25, 0.3) is 0 Å². The van der Waals surface area contributed by atoms with E-state index >= 15 is 0 Å². The standard InChI is InChI=1S/C27H42O2/c1-17(2)7-6-8-18(3)23-16-24(29)25-21-10-9-19-15-20(28)11-13-26(19,4)22(21)12-14-27(23,25)5/h7,18-20,22-23,28H,6,8-16H2,1-5H3/t18-,19+,20+,22+,23-,26+,27-/m1/s1. The number of carbonyl (C=O) groups excluding carboxylic acids is 1. The van der Waals surface area contributed by atoms with Crippen molar-refractivity contribution in [2.75, 3.05) is 0 Å². The molecule has 0 amide bonds. The largest absolute Gasteiger partial charge is 0.393 e. The molecule has 0 aliphatic heterocycles. The number of allylic oxidation sites excluding steroid dienone is 4. The van der Waals surface area contributed by atoms with Crippen LogP contribution in [0.2, 0.25) is 0 Å². The van der Waals surface area contributed by atoms with Crippen molar-refractivity contribution in [2.45, 2.75) is 105 Å². The number of fused-ring (bicyclic) bond motifs is 4. The van der Waals surface area contributed by atoms with E-state index in [2.05, 4.69) is 40.7 Å². The van der Waals surface area contributed by atoms with Crippen molar-refractivity contribution >= 4 is 5.78 Å². The lowest BCUT2D eigenvalue weighted by atomic mass is 9.48. The van der Waals surface area contributed by atoms with Crippen LogP contribution in [0.4, 0.5) is 0 Å². The molecule has 0 spiro atoms. The Morgan fingerprint density at radius 1 is 1.21 bits per heavy atom. The average Bonchev–Trinajstić information content (AvgIpc) is 2.93. The quantitative estimate of drug-likeness (QED) is 0.539. The van der Waals surface area contributed by atoms with Crippen LogP contribution in [0.1, 0.15) is 98.8 Å². The zero-order valence-electron chi connectivity index (χ0n) is 19.4. The monoisotopic (exact) mass is 398 g/mol. The van der Waals surface area contributed by atoms with Gasteiger partial charge in [-0.25, -0.2) is 0 Å². The molecular weight excluding hydrogens is 356 g/mol. The van der Waals surface area contributed by atoms with Crippen LogP contribution in [0.25, 0.3) is 0 Å². The molecule has 4 rings (SSSR count). The summed E-state index contributed by atoms with van der Waals surface area (Å²) in [4.78, 5) is 13.4. The molecular formula is C27H42O2. The highest BCUT2D eigenvalue weighted by Gasteiger charge is 2.57. The molecule has 2 nitrogen and oxygen atoms in total. The smallest absolute Gasteiger partial charge is 0.159 e. The maximum atomic E-state index is 13.4. The lowest BCUT2D eigenvalue weighted by Crippen LogP contribution is -2.48. The predicted octanol–water partition coefficient (Wildman–Crippen LogP) is 6.63. The van der Waals surface area contributed by atoms with E-state index in [-0.39, 0.29) is 11.5 Å². The molecule has 0 radical (unpaired) electrons. The molecule has 29 heavy (non-hydrogen) atoms. The number of rotatable bonds is 4. The Kier molecular flexibility index (Phi) is 5.64. The molecule has 7 atom stereocenters. The average molecular weight is 399 g/mol. The van der Waals surface area contributed by atoms with Crippen LogP contribution in [0.5, 0.6) is 0 Å². The maximum absolute atomic E-state index is 13.4. The Morgan fingerprint density at radius 3 is 2.69 bits per heavy atom. The zero-order valence-corrected chi connectivity index (χ0v) is 19.4. The van der Waals surface area contributed by atoms with Crippen molar-refractivity contribution in [2.24, 2.45) is 34.5 Å². The molecule has 0 unspecified atom stereocenters. The Hall–Kier alpha value is -0.890. The van der Waals surface area contributed by atoms with Crippen molar-refractivity contribution < 1.29 is 9.90 Å². The van der Waals surface area contributed by atoms with Crippen molar-refractivity contribution in [1.82, 2.24) is 0 Å². The topological polar surface area (TPSA) is 37.3 Å². The van der Waals surface area contributed by atoms with E-state index in [9.17, 15) is 9.90 Å². The Bertz CT molecular complexity index is 727. The second-order valence-electron chi connectivity index (χ2n) is 11.6. The molecule has 1 N–H and O–H groups in total. The van der Waals surface area contributed by atoms with Crippen LogP contribution in [-0.2, 0) is 4.79 Å². The Morgan fingerprint density at radius 2 is 1.97 bits per heavy atom. The minimum atomic E-state index is -0.102. The van der Waals surface area contributed by atoms with E-state index in [0.29, 0.717) is 34.9 Å². The van der Waals surface area contributed by atoms with Gasteiger partial charge >= 0.3 is 0 Å². The predicted molar refractivity (Wildman–Crippen MR) is 119 cm³/mol. The third kappa shape index (κ3) is 3.48. The number of ketones is 1. The van der Waals surface area contributed by atoms with Crippen LogP contribution in [-0.4, -0.2) is 17.0 Å². The molecule has 3 saturated carbocycles. The molecule has 0 bridgehead atoms. The minimum Gasteiger partial charge on any atom is -0.393 e. The van der Waals surface area contributed by atoms with Crippen LogP contribution >= 0.6 is 0 Å². The zero-order chi connectivity index (χ0) is 21.0. The highest BCUT2D eigenvalue weighted by Crippen LogP contribution is 2.65. The molecule has 4 aliphatic carbocycles. The molecule has 4 aliphatic rings. The SMILES string of the molecule is CC(C)=CCC[C@@H](C)[C@H]1CC(=O)C2=C3CC[C@H]4C[C@@H](O)CC[C@]4(C)[C@H]3CC[C@@]21C. The summed E-state index contributed by atoms with van der Waals surface area (Å²) in [6.45, 7) is 11.7. The molecule has 0 aromatic rings. The first-order valence-corrected chi connectivity index (χ1v) is 12.2. The van der Waals surface area contributed by atoms with E-state index < -0.39 is 0 Å². The lowest BCUT2D eigenvalue weighted by Gasteiger charge is -2.56. The maximum Gasteiger partial charge on any atom is 0.159 e. The molecule has 0 aromatic heterocycles. The summed E-state index contributed by atoms with van der Waals surface area (Å²) in [5, 5.41) is 10.2. The normalized spacial score (nSPS) is 42.8. The number of aliphatic hydroxyl groups is 1. The summed E-state index contributed by atoms with van der Waals surface area (Å²) in [6, 6.07) is 0. The fourth-order valence-corrected chi connectivity index (χ4v) is 8.01. The van der Waals surface area contributed by atoms with Crippen molar-refractivity contribution in [3.63, 3.8) is 0 Å². The van der Waals surface area contributed by atoms with Crippen molar-refractivity contribution in [3.05, 3.63) is 22.8 Å². The van der Waals surface area contributed by atoms with E-state index in [0.717, 1.165) is 38.5 Å². The first-order chi connectivity index (χ1) is 13.7. The van der Waals surface area contributed by atoms with Crippen LogP contribution in [0.15, 0.2) is 22.8 Å². The van der Waals surface area contributed by atoms with Gasteiger partial charge in [0.1, 0.15) is 0 Å². The van der Waals surface area contributed by atoms with E-state index in [1.807, 2.05) is 0 Å². The van der Waals surface area contributed by atoms with Gasteiger partial charge in [-0.3, -0.25) is 4.79 Å². The summed E-state index contributed by atoms with van der Waals surface area (Å²) >= 11 is 0. The van der Waals surface area contributed by atoms with Gasteiger partial charge in [0, 0.05) is 12.0 Å². The molecule has 162 valence electrons.